The summed E-state index contributed by atoms with van der Waals surface area (Å²) in [5, 5.41) is 2.17. The standard InChI is InChI=1S/C11H18N2S/c1-11(2)4-3-8(12)5-9(11)10-6-14-7-13-10/h6-9H,3-5,12H2,1-2H3. The largest absolute Gasteiger partial charge is 0.328 e. The van der Waals surface area contributed by atoms with Crippen LogP contribution in [-0.2, 0) is 0 Å². The highest BCUT2D eigenvalue weighted by Gasteiger charge is 2.37. The third kappa shape index (κ3) is 1.84. The van der Waals surface area contributed by atoms with Crippen LogP contribution >= 0.6 is 11.3 Å². The molecule has 1 fully saturated rings. The van der Waals surface area contributed by atoms with Gasteiger partial charge in [0.15, 0.2) is 0 Å². The van der Waals surface area contributed by atoms with Crippen LogP contribution in [0.3, 0.4) is 0 Å². The molecule has 0 aliphatic heterocycles. The quantitative estimate of drug-likeness (QED) is 0.774. The number of aromatic nitrogens is 1. The first-order chi connectivity index (χ1) is 6.59. The smallest absolute Gasteiger partial charge is 0.0794 e. The second kappa shape index (κ2) is 3.63. The maximum Gasteiger partial charge on any atom is 0.0794 e. The number of nitrogens with two attached hydrogens (primary N) is 1. The third-order valence-corrected chi connectivity index (χ3v) is 4.05. The molecule has 0 aromatic carbocycles. The van der Waals surface area contributed by atoms with E-state index in [-0.39, 0.29) is 0 Å². The summed E-state index contributed by atoms with van der Waals surface area (Å²) in [4.78, 5) is 4.43. The zero-order valence-electron chi connectivity index (χ0n) is 8.86. The fourth-order valence-electron chi connectivity index (χ4n) is 2.39. The Morgan fingerprint density at radius 1 is 1.57 bits per heavy atom. The molecule has 1 heterocycles. The molecule has 3 heteroatoms. The minimum absolute atomic E-state index is 0.365. The number of rotatable bonds is 1. The second-order valence-electron chi connectivity index (χ2n) is 4.99. The Labute approximate surface area is 89.5 Å². The predicted molar refractivity (Wildman–Crippen MR) is 60.5 cm³/mol. The van der Waals surface area contributed by atoms with Gasteiger partial charge in [-0.15, -0.1) is 11.3 Å². The Morgan fingerprint density at radius 2 is 2.36 bits per heavy atom. The van der Waals surface area contributed by atoms with E-state index >= 15 is 0 Å². The first kappa shape index (κ1) is 10.1. The monoisotopic (exact) mass is 210 g/mol. The van der Waals surface area contributed by atoms with Gasteiger partial charge in [-0.25, -0.2) is 4.98 Å². The van der Waals surface area contributed by atoms with Crippen molar-refractivity contribution >= 4 is 11.3 Å². The van der Waals surface area contributed by atoms with Crippen LogP contribution in [0.15, 0.2) is 10.9 Å². The molecule has 0 bridgehead atoms. The van der Waals surface area contributed by atoms with E-state index in [1.54, 1.807) is 11.3 Å². The molecule has 0 radical (unpaired) electrons. The Morgan fingerprint density at radius 3 is 3.00 bits per heavy atom. The van der Waals surface area contributed by atoms with Crippen molar-refractivity contribution in [3.63, 3.8) is 0 Å². The van der Waals surface area contributed by atoms with Crippen LogP contribution in [0.5, 0.6) is 0 Å². The maximum atomic E-state index is 6.03. The fraction of sp³-hybridized carbons (Fsp3) is 0.727. The highest BCUT2D eigenvalue weighted by Crippen LogP contribution is 2.45. The van der Waals surface area contributed by atoms with Crippen molar-refractivity contribution in [3.8, 4) is 0 Å². The predicted octanol–water partition coefficient (Wildman–Crippen LogP) is 2.76. The van der Waals surface area contributed by atoms with E-state index in [1.807, 2.05) is 5.51 Å². The minimum atomic E-state index is 0.365. The molecular formula is C11H18N2S. The number of nitrogens with zero attached hydrogens (tertiary/aromatic N) is 1. The summed E-state index contributed by atoms with van der Waals surface area (Å²) in [6.07, 6.45) is 3.47. The first-order valence-corrected chi connectivity index (χ1v) is 6.17. The molecule has 2 atom stereocenters. The van der Waals surface area contributed by atoms with Gasteiger partial charge in [-0.05, 0) is 24.7 Å². The molecule has 78 valence electrons. The normalized spacial score (nSPS) is 31.6. The highest BCUT2D eigenvalue weighted by atomic mass is 32.1. The summed E-state index contributed by atoms with van der Waals surface area (Å²) in [5.74, 6) is 0.553. The van der Waals surface area contributed by atoms with Crippen molar-refractivity contribution in [2.24, 2.45) is 11.1 Å². The van der Waals surface area contributed by atoms with Gasteiger partial charge >= 0.3 is 0 Å². The van der Waals surface area contributed by atoms with E-state index in [4.69, 9.17) is 5.73 Å². The Kier molecular flexibility index (Phi) is 2.62. The van der Waals surface area contributed by atoms with Crippen molar-refractivity contribution in [2.45, 2.75) is 45.1 Å². The molecule has 1 saturated carbocycles. The summed E-state index contributed by atoms with van der Waals surface area (Å²) in [7, 11) is 0. The molecule has 2 rings (SSSR count). The summed E-state index contributed by atoms with van der Waals surface area (Å²) < 4.78 is 0. The van der Waals surface area contributed by atoms with Crippen molar-refractivity contribution in [1.29, 1.82) is 0 Å². The van der Waals surface area contributed by atoms with E-state index in [1.165, 1.54) is 12.1 Å². The van der Waals surface area contributed by atoms with Crippen molar-refractivity contribution in [2.75, 3.05) is 0 Å². The lowest BCUT2D eigenvalue weighted by molar-refractivity contribution is 0.180. The minimum Gasteiger partial charge on any atom is -0.328 e. The Balaban J connectivity index is 2.22. The van der Waals surface area contributed by atoms with Crippen LogP contribution < -0.4 is 5.73 Å². The average molecular weight is 210 g/mol. The summed E-state index contributed by atoms with van der Waals surface area (Å²) in [5.41, 5.74) is 9.56. The Hall–Kier alpha value is -0.410. The summed E-state index contributed by atoms with van der Waals surface area (Å²) >= 11 is 1.68. The lowest BCUT2D eigenvalue weighted by Gasteiger charge is -2.40. The van der Waals surface area contributed by atoms with Gasteiger partial charge in [0.1, 0.15) is 0 Å². The van der Waals surface area contributed by atoms with Crippen LogP contribution in [0.2, 0.25) is 0 Å². The zero-order chi connectivity index (χ0) is 10.2. The molecular weight excluding hydrogens is 192 g/mol. The third-order valence-electron chi connectivity index (χ3n) is 3.45. The second-order valence-corrected chi connectivity index (χ2v) is 5.71. The highest BCUT2D eigenvalue weighted by molar-refractivity contribution is 7.07. The molecule has 1 aromatic heterocycles. The molecule has 1 aliphatic carbocycles. The Bertz CT molecular complexity index is 292. The SMILES string of the molecule is CC1(C)CCC(N)CC1c1cscn1. The van der Waals surface area contributed by atoms with Gasteiger partial charge in [-0.3, -0.25) is 0 Å². The van der Waals surface area contributed by atoms with Gasteiger partial charge in [-0.2, -0.15) is 0 Å². The van der Waals surface area contributed by atoms with Crippen molar-refractivity contribution in [3.05, 3.63) is 16.6 Å². The van der Waals surface area contributed by atoms with Crippen LogP contribution in [-0.4, -0.2) is 11.0 Å². The van der Waals surface area contributed by atoms with E-state index in [9.17, 15) is 0 Å². The molecule has 0 saturated heterocycles. The number of hydrogen-bond donors (Lipinski definition) is 1. The molecule has 0 spiro atoms. The molecule has 0 amide bonds. The zero-order valence-corrected chi connectivity index (χ0v) is 9.68. The van der Waals surface area contributed by atoms with Crippen molar-refractivity contribution < 1.29 is 0 Å². The van der Waals surface area contributed by atoms with Gasteiger partial charge in [0.05, 0.1) is 11.2 Å². The fourth-order valence-corrected chi connectivity index (χ4v) is 2.99. The van der Waals surface area contributed by atoms with E-state index < -0.39 is 0 Å². The summed E-state index contributed by atoms with van der Waals surface area (Å²) in [6.45, 7) is 4.67. The molecule has 2 nitrogen and oxygen atoms in total. The molecule has 1 aliphatic rings. The topological polar surface area (TPSA) is 38.9 Å². The number of hydrogen-bond acceptors (Lipinski definition) is 3. The van der Waals surface area contributed by atoms with Crippen LogP contribution in [0.1, 0.15) is 44.7 Å². The molecule has 1 aromatic rings. The van der Waals surface area contributed by atoms with Gasteiger partial charge < -0.3 is 5.73 Å². The van der Waals surface area contributed by atoms with E-state index in [2.05, 4.69) is 24.2 Å². The first-order valence-electron chi connectivity index (χ1n) is 5.23. The lowest BCUT2D eigenvalue weighted by Crippen LogP contribution is -2.36. The number of thiazole rings is 1. The maximum absolute atomic E-state index is 6.03. The van der Waals surface area contributed by atoms with Gasteiger partial charge in [0, 0.05) is 17.3 Å². The van der Waals surface area contributed by atoms with Gasteiger partial charge in [-0.1, -0.05) is 13.8 Å². The van der Waals surface area contributed by atoms with E-state index in [0.717, 1.165) is 12.8 Å². The van der Waals surface area contributed by atoms with Gasteiger partial charge in [0.25, 0.3) is 0 Å². The van der Waals surface area contributed by atoms with Crippen molar-refractivity contribution in [1.82, 2.24) is 4.98 Å². The average Bonchev–Trinajstić information content (AvgIpc) is 2.62. The van der Waals surface area contributed by atoms with Crippen LogP contribution in [0, 0.1) is 5.41 Å². The molecule has 2 N–H and O–H groups in total. The van der Waals surface area contributed by atoms with Gasteiger partial charge in [0.2, 0.25) is 0 Å². The van der Waals surface area contributed by atoms with Crippen LogP contribution in [0.4, 0.5) is 0 Å². The lowest BCUT2D eigenvalue weighted by atomic mass is 9.66. The van der Waals surface area contributed by atoms with E-state index in [0.29, 0.717) is 17.4 Å². The summed E-state index contributed by atoms with van der Waals surface area (Å²) in [6, 6.07) is 0.370. The van der Waals surface area contributed by atoms with Crippen LogP contribution in [0.25, 0.3) is 0 Å². The molecule has 2 unspecified atom stereocenters. The molecule has 14 heavy (non-hydrogen) atoms.